The van der Waals surface area contributed by atoms with Crippen molar-refractivity contribution in [3.05, 3.63) is 90.5 Å². The van der Waals surface area contributed by atoms with Crippen LogP contribution in [0.25, 0.3) is 27.8 Å². The van der Waals surface area contributed by atoms with Gasteiger partial charge in [0.2, 0.25) is 5.96 Å². The molecule has 5 nitrogen and oxygen atoms in total. The van der Waals surface area contributed by atoms with Gasteiger partial charge in [0.1, 0.15) is 0 Å². The lowest BCUT2D eigenvalue weighted by atomic mass is 10.0. The summed E-state index contributed by atoms with van der Waals surface area (Å²) < 4.78 is 2.26. The molecule has 0 aliphatic rings. The Morgan fingerprint density at radius 3 is 2.18 bits per heavy atom. The molecule has 0 aliphatic carbocycles. The van der Waals surface area contributed by atoms with Crippen LogP contribution < -0.4 is 11.2 Å². The monoisotopic (exact) mass is 367 g/mol. The van der Waals surface area contributed by atoms with E-state index in [2.05, 4.69) is 51.5 Å². The molecule has 1 heterocycles. The smallest absolute Gasteiger partial charge is 0.206 e. The Bertz CT molecular complexity index is 1160. The van der Waals surface area contributed by atoms with Crippen molar-refractivity contribution in [2.24, 2.45) is 10.8 Å². The Labute approximate surface area is 163 Å². The average Bonchev–Trinajstić information content (AvgIpc) is 3.08. The zero-order valence-electron chi connectivity index (χ0n) is 15.6. The number of nitrogens with zero attached hydrogens (tertiary/aromatic N) is 2. The van der Waals surface area contributed by atoms with Crippen molar-refractivity contribution in [3.63, 3.8) is 0 Å². The molecule has 4 aromatic rings. The van der Waals surface area contributed by atoms with Gasteiger partial charge in [0.15, 0.2) is 0 Å². The Kier molecular flexibility index (Phi) is 4.64. The number of fused-ring (bicyclic) bond motifs is 1. The third kappa shape index (κ3) is 3.14. The molecule has 4 N–H and O–H groups in total. The maximum absolute atomic E-state index is 7.42. The highest BCUT2D eigenvalue weighted by molar-refractivity contribution is 6.15. The quantitative estimate of drug-likeness (QED) is 0.282. The van der Waals surface area contributed by atoms with E-state index in [9.17, 15) is 0 Å². The lowest BCUT2D eigenvalue weighted by Crippen LogP contribution is -2.26. The fourth-order valence-corrected chi connectivity index (χ4v) is 3.52. The molecule has 0 fully saturated rings. The fraction of sp³-hybridized carbons (Fsp3) is 0.0435. The number of hydrogen-bond acceptors (Lipinski definition) is 2. The van der Waals surface area contributed by atoms with E-state index in [1.165, 1.54) is 0 Å². The molecular formula is C23H21N5. The molecule has 28 heavy (non-hydrogen) atoms. The number of rotatable bonds is 4. The van der Waals surface area contributed by atoms with Gasteiger partial charge in [0, 0.05) is 16.6 Å². The number of hydrogen-bond donors (Lipinski definition) is 3. The molecule has 0 unspecified atom stereocenters. The second-order valence-electron chi connectivity index (χ2n) is 6.50. The first-order chi connectivity index (χ1) is 13.7. The van der Waals surface area contributed by atoms with E-state index < -0.39 is 0 Å². The van der Waals surface area contributed by atoms with Gasteiger partial charge in [-0.05, 0) is 30.7 Å². The van der Waals surface area contributed by atoms with Crippen LogP contribution in [-0.2, 0) is 0 Å². The molecule has 0 saturated carbocycles. The Hall–Kier alpha value is -3.86. The maximum atomic E-state index is 7.42. The van der Waals surface area contributed by atoms with E-state index in [1.807, 2.05) is 55.5 Å². The fourth-order valence-electron chi connectivity index (χ4n) is 3.52. The van der Waals surface area contributed by atoms with Crippen molar-refractivity contribution >= 4 is 22.6 Å². The summed E-state index contributed by atoms with van der Waals surface area (Å²) in [5.74, 6) is -0.188. The molecule has 0 saturated heterocycles. The van der Waals surface area contributed by atoms with Crippen molar-refractivity contribution in [3.8, 4) is 16.9 Å². The Morgan fingerprint density at radius 1 is 0.893 bits per heavy atom. The number of para-hydroxylation sites is 2. The molecule has 0 radical (unpaired) electrons. The van der Waals surface area contributed by atoms with Crippen molar-refractivity contribution in [1.29, 1.82) is 5.41 Å². The van der Waals surface area contributed by atoms with Crippen molar-refractivity contribution in [2.45, 2.75) is 6.92 Å². The number of guanidine groups is 1. The molecule has 0 aliphatic heterocycles. The van der Waals surface area contributed by atoms with E-state index in [4.69, 9.17) is 11.1 Å². The van der Waals surface area contributed by atoms with Gasteiger partial charge in [-0.15, -0.1) is 0 Å². The highest BCUT2D eigenvalue weighted by atomic mass is 15.3. The van der Waals surface area contributed by atoms with Gasteiger partial charge < -0.3 is 10.3 Å². The zero-order valence-corrected chi connectivity index (χ0v) is 15.6. The number of hydrazone groups is 1. The molecule has 138 valence electrons. The lowest BCUT2D eigenvalue weighted by Gasteiger charge is -2.13. The van der Waals surface area contributed by atoms with Gasteiger partial charge >= 0.3 is 0 Å². The number of benzene rings is 3. The Morgan fingerprint density at radius 2 is 1.50 bits per heavy atom. The van der Waals surface area contributed by atoms with Gasteiger partial charge in [-0.1, -0.05) is 66.7 Å². The van der Waals surface area contributed by atoms with Crippen LogP contribution in [0.3, 0.4) is 0 Å². The summed E-state index contributed by atoms with van der Waals surface area (Å²) >= 11 is 0. The third-order valence-electron chi connectivity index (χ3n) is 4.64. The molecule has 0 amide bonds. The van der Waals surface area contributed by atoms with Gasteiger partial charge in [-0.3, -0.25) is 5.41 Å². The molecule has 0 atom stereocenters. The van der Waals surface area contributed by atoms with Crippen molar-refractivity contribution in [2.75, 3.05) is 0 Å². The first-order valence-corrected chi connectivity index (χ1v) is 9.06. The topological polar surface area (TPSA) is 79.2 Å². The number of nitrogens with two attached hydrogens (primary N) is 1. The van der Waals surface area contributed by atoms with Crippen LogP contribution >= 0.6 is 0 Å². The van der Waals surface area contributed by atoms with E-state index in [-0.39, 0.29) is 5.96 Å². The minimum atomic E-state index is -0.188. The van der Waals surface area contributed by atoms with Gasteiger partial charge in [0.05, 0.1) is 16.9 Å². The predicted molar refractivity (Wildman–Crippen MR) is 116 cm³/mol. The van der Waals surface area contributed by atoms with Crippen LogP contribution in [-0.4, -0.2) is 16.2 Å². The Balaban J connectivity index is 2.11. The first-order valence-electron chi connectivity index (χ1n) is 9.06. The highest BCUT2D eigenvalue weighted by Crippen LogP contribution is 2.36. The summed E-state index contributed by atoms with van der Waals surface area (Å²) in [4.78, 5) is 0. The highest BCUT2D eigenvalue weighted by Gasteiger charge is 2.21. The van der Waals surface area contributed by atoms with Crippen LogP contribution in [0.15, 0.2) is 90.0 Å². The molecule has 4 rings (SSSR count). The van der Waals surface area contributed by atoms with E-state index in [0.717, 1.165) is 39.1 Å². The van der Waals surface area contributed by atoms with Crippen molar-refractivity contribution in [1.82, 2.24) is 9.99 Å². The summed E-state index contributed by atoms with van der Waals surface area (Å²) in [5, 5.41) is 12.9. The minimum Gasteiger partial charge on any atom is -0.369 e. The zero-order chi connectivity index (χ0) is 19.5. The van der Waals surface area contributed by atoms with Crippen LogP contribution in [0.4, 0.5) is 0 Å². The van der Waals surface area contributed by atoms with Crippen LogP contribution in [0.2, 0.25) is 0 Å². The normalized spacial score (nSPS) is 11.5. The SMILES string of the molecule is CC(=NNC(=N)N)c1c(-c2ccccc2)n(-c2ccccc2)c2ccccc12. The molecule has 1 aromatic heterocycles. The number of nitrogens with one attached hydrogen (secondary N) is 2. The second-order valence-corrected chi connectivity index (χ2v) is 6.50. The van der Waals surface area contributed by atoms with Gasteiger partial charge in [0.25, 0.3) is 0 Å². The molecular weight excluding hydrogens is 346 g/mol. The third-order valence-corrected chi connectivity index (χ3v) is 4.64. The van der Waals surface area contributed by atoms with E-state index >= 15 is 0 Å². The minimum absolute atomic E-state index is 0.188. The largest absolute Gasteiger partial charge is 0.369 e. The summed E-state index contributed by atoms with van der Waals surface area (Å²) in [6.45, 7) is 1.93. The molecule has 0 spiro atoms. The van der Waals surface area contributed by atoms with Crippen LogP contribution in [0.5, 0.6) is 0 Å². The van der Waals surface area contributed by atoms with Gasteiger partial charge in [-0.25, -0.2) is 5.43 Å². The summed E-state index contributed by atoms with van der Waals surface area (Å²) in [6.07, 6.45) is 0. The standard InChI is InChI=1S/C23H21N5/c1-16(26-27-23(24)25)21-19-14-8-9-15-20(19)28(18-12-6-3-7-13-18)22(21)17-10-4-2-5-11-17/h2-15H,1H3,(H4,24,25,27). The van der Waals surface area contributed by atoms with Crippen LogP contribution in [0, 0.1) is 5.41 Å². The summed E-state index contributed by atoms with van der Waals surface area (Å²) in [6, 6.07) is 28.9. The molecule has 3 aromatic carbocycles. The number of aromatic nitrogens is 1. The first kappa shape index (κ1) is 17.5. The average molecular weight is 367 g/mol. The molecule has 0 bridgehead atoms. The predicted octanol–water partition coefficient (Wildman–Crippen LogP) is 4.50. The lowest BCUT2D eigenvalue weighted by molar-refractivity contribution is 0.992. The van der Waals surface area contributed by atoms with Gasteiger partial charge in [-0.2, -0.15) is 5.10 Å². The van der Waals surface area contributed by atoms with Crippen LogP contribution in [0.1, 0.15) is 12.5 Å². The van der Waals surface area contributed by atoms with E-state index in [1.54, 1.807) is 0 Å². The maximum Gasteiger partial charge on any atom is 0.206 e. The van der Waals surface area contributed by atoms with E-state index in [0.29, 0.717) is 0 Å². The summed E-state index contributed by atoms with van der Waals surface area (Å²) in [7, 11) is 0. The second kappa shape index (κ2) is 7.40. The molecule has 5 heteroatoms. The summed E-state index contributed by atoms with van der Waals surface area (Å²) in [5.41, 5.74) is 14.1. The van der Waals surface area contributed by atoms with Crippen molar-refractivity contribution < 1.29 is 0 Å².